The Kier molecular flexibility index (Phi) is 4.41. The summed E-state index contributed by atoms with van der Waals surface area (Å²) in [5, 5.41) is 11.2. The van der Waals surface area contributed by atoms with Crippen LogP contribution in [0.3, 0.4) is 0 Å². The lowest BCUT2D eigenvalue weighted by Crippen LogP contribution is -2.25. The Morgan fingerprint density at radius 3 is 2.40 bits per heavy atom. The summed E-state index contributed by atoms with van der Waals surface area (Å²) in [6.45, 7) is 0. The third-order valence-electron chi connectivity index (χ3n) is 2.79. The predicted molar refractivity (Wildman–Crippen MR) is 72.6 cm³/mol. The summed E-state index contributed by atoms with van der Waals surface area (Å²) in [5.74, 6) is -0.920. The van der Waals surface area contributed by atoms with Crippen LogP contribution < -0.4 is 16.5 Å². The zero-order valence-electron chi connectivity index (χ0n) is 10.5. The molecule has 0 fully saturated rings. The van der Waals surface area contributed by atoms with Crippen LogP contribution in [0, 0.1) is 5.82 Å². The zero-order valence-corrected chi connectivity index (χ0v) is 10.5. The van der Waals surface area contributed by atoms with E-state index in [4.69, 9.17) is 10.9 Å². The van der Waals surface area contributed by atoms with E-state index in [9.17, 15) is 9.18 Å². The minimum absolute atomic E-state index is 0.121. The molecule has 0 bridgehead atoms. The minimum Gasteiger partial charge on any atom is -0.319 e. The number of anilines is 1. The molecule has 1 atom stereocenters. The van der Waals surface area contributed by atoms with E-state index in [0.717, 1.165) is 0 Å². The lowest BCUT2D eigenvalue weighted by molar-refractivity contribution is 0.102. The van der Waals surface area contributed by atoms with Crippen molar-refractivity contribution >= 4 is 11.6 Å². The number of hydrogen-bond donors (Lipinski definition) is 4. The number of amides is 1. The van der Waals surface area contributed by atoms with Crippen LogP contribution >= 0.6 is 0 Å². The van der Waals surface area contributed by atoms with Crippen molar-refractivity contribution < 1.29 is 14.4 Å². The molecule has 0 aromatic heterocycles. The fourth-order valence-electron chi connectivity index (χ4n) is 1.67. The van der Waals surface area contributed by atoms with Crippen molar-refractivity contribution in [1.29, 1.82) is 0 Å². The Bertz CT molecular complexity index is 602. The quantitative estimate of drug-likeness (QED) is 0.508. The molecular weight excluding hydrogens is 261 g/mol. The number of para-hydroxylation sites is 1. The van der Waals surface area contributed by atoms with Crippen molar-refractivity contribution in [3.05, 3.63) is 65.5 Å². The normalized spacial score (nSPS) is 11.9. The van der Waals surface area contributed by atoms with Gasteiger partial charge in [0.05, 0.1) is 5.69 Å². The van der Waals surface area contributed by atoms with E-state index in [1.54, 1.807) is 36.4 Å². The second-order valence-electron chi connectivity index (χ2n) is 4.16. The molecular formula is C14H14FN3O2. The lowest BCUT2D eigenvalue weighted by atomic mass is 10.1. The van der Waals surface area contributed by atoms with Gasteiger partial charge in [0.25, 0.3) is 5.91 Å². The first-order chi connectivity index (χ1) is 9.61. The Morgan fingerprint density at radius 2 is 1.80 bits per heavy atom. The molecule has 5 nitrogen and oxygen atoms in total. The predicted octanol–water partition coefficient (Wildman–Crippen LogP) is 2.01. The smallest absolute Gasteiger partial charge is 0.255 e. The number of hydroxylamine groups is 1. The van der Waals surface area contributed by atoms with Crippen molar-refractivity contribution in [3.8, 4) is 0 Å². The molecule has 0 radical (unpaired) electrons. The highest BCUT2D eigenvalue weighted by atomic mass is 19.1. The number of nitrogens with one attached hydrogen (secondary N) is 2. The van der Waals surface area contributed by atoms with Gasteiger partial charge in [-0.05, 0) is 29.8 Å². The summed E-state index contributed by atoms with van der Waals surface area (Å²) in [4.78, 5) is 11.9. The lowest BCUT2D eigenvalue weighted by Gasteiger charge is -2.10. The van der Waals surface area contributed by atoms with E-state index in [0.29, 0.717) is 11.1 Å². The average Bonchev–Trinajstić information content (AvgIpc) is 2.49. The Hall–Kier alpha value is -2.28. The van der Waals surface area contributed by atoms with Gasteiger partial charge in [0.1, 0.15) is 12.0 Å². The molecule has 104 valence electrons. The highest BCUT2D eigenvalue weighted by molar-refractivity contribution is 6.04. The van der Waals surface area contributed by atoms with Crippen LogP contribution in [0.25, 0.3) is 0 Å². The van der Waals surface area contributed by atoms with Gasteiger partial charge in [-0.15, -0.1) is 0 Å². The first kappa shape index (κ1) is 14.1. The van der Waals surface area contributed by atoms with Crippen molar-refractivity contribution in [2.24, 2.45) is 5.73 Å². The monoisotopic (exact) mass is 275 g/mol. The van der Waals surface area contributed by atoms with Gasteiger partial charge in [-0.2, -0.15) is 5.48 Å². The van der Waals surface area contributed by atoms with Crippen LogP contribution in [0.15, 0.2) is 48.5 Å². The van der Waals surface area contributed by atoms with Crippen LogP contribution in [0.2, 0.25) is 0 Å². The molecule has 6 heteroatoms. The van der Waals surface area contributed by atoms with Gasteiger partial charge in [0, 0.05) is 5.56 Å². The largest absolute Gasteiger partial charge is 0.319 e. The minimum atomic E-state index is -0.723. The molecule has 2 rings (SSSR count). The van der Waals surface area contributed by atoms with Crippen molar-refractivity contribution in [3.63, 3.8) is 0 Å². The Labute approximate surface area is 115 Å². The van der Waals surface area contributed by atoms with Crippen molar-refractivity contribution in [1.82, 2.24) is 5.48 Å². The molecule has 0 saturated carbocycles. The molecule has 1 unspecified atom stereocenters. The molecule has 1 amide bonds. The number of benzene rings is 2. The molecule has 0 aliphatic heterocycles. The van der Waals surface area contributed by atoms with Crippen LogP contribution in [0.4, 0.5) is 10.1 Å². The maximum absolute atomic E-state index is 13.4. The topological polar surface area (TPSA) is 87.4 Å². The highest BCUT2D eigenvalue weighted by Gasteiger charge is 2.10. The van der Waals surface area contributed by atoms with Crippen molar-refractivity contribution in [2.75, 3.05) is 5.32 Å². The number of hydrogen-bond acceptors (Lipinski definition) is 4. The number of carbonyl (C=O) groups is 1. The third kappa shape index (κ3) is 3.18. The van der Waals surface area contributed by atoms with Crippen LogP contribution in [-0.4, -0.2) is 11.1 Å². The number of carbonyl (C=O) groups excluding carboxylic acids is 1. The maximum Gasteiger partial charge on any atom is 0.255 e. The molecule has 2 aromatic carbocycles. The highest BCUT2D eigenvalue weighted by Crippen LogP contribution is 2.15. The first-order valence-electron chi connectivity index (χ1n) is 5.93. The fraction of sp³-hybridized carbons (Fsp3) is 0.0714. The third-order valence-corrected chi connectivity index (χ3v) is 2.79. The Morgan fingerprint density at radius 1 is 1.15 bits per heavy atom. The SMILES string of the molecule is NC(NO)c1ccc(C(=O)Nc2ccccc2F)cc1. The van der Waals surface area contributed by atoms with E-state index < -0.39 is 17.9 Å². The molecule has 0 spiro atoms. The van der Waals surface area contributed by atoms with Gasteiger partial charge >= 0.3 is 0 Å². The zero-order chi connectivity index (χ0) is 14.5. The van der Waals surface area contributed by atoms with Gasteiger partial charge < -0.3 is 16.3 Å². The summed E-state index contributed by atoms with van der Waals surface area (Å²) in [6, 6.07) is 12.2. The molecule has 0 aliphatic carbocycles. The summed E-state index contributed by atoms with van der Waals surface area (Å²) in [5.41, 5.74) is 8.56. The van der Waals surface area contributed by atoms with Crippen molar-refractivity contribution in [2.45, 2.75) is 6.17 Å². The van der Waals surface area contributed by atoms with Gasteiger partial charge in [0.15, 0.2) is 0 Å². The fourth-order valence-corrected chi connectivity index (χ4v) is 1.67. The van der Waals surface area contributed by atoms with E-state index in [1.807, 2.05) is 5.48 Å². The molecule has 0 heterocycles. The van der Waals surface area contributed by atoms with Gasteiger partial charge in [-0.3, -0.25) is 4.79 Å². The molecule has 0 saturated heterocycles. The van der Waals surface area contributed by atoms with Gasteiger partial charge in [-0.1, -0.05) is 24.3 Å². The van der Waals surface area contributed by atoms with E-state index in [1.165, 1.54) is 12.1 Å². The first-order valence-corrected chi connectivity index (χ1v) is 5.93. The standard InChI is InChI=1S/C14H14FN3O2/c15-11-3-1-2-4-12(11)17-14(19)10-7-5-9(6-8-10)13(16)18-20/h1-8,13,18,20H,16H2,(H,17,19). The van der Waals surface area contributed by atoms with E-state index in [2.05, 4.69) is 5.32 Å². The van der Waals surface area contributed by atoms with Gasteiger partial charge in [-0.25, -0.2) is 4.39 Å². The molecule has 5 N–H and O–H groups in total. The van der Waals surface area contributed by atoms with Crippen LogP contribution in [-0.2, 0) is 0 Å². The Balaban J connectivity index is 2.12. The molecule has 2 aromatic rings. The van der Waals surface area contributed by atoms with E-state index in [-0.39, 0.29) is 5.69 Å². The summed E-state index contributed by atoms with van der Waals surface area (Å²) < 4.78 is 13.4. The summed E-state index contributed by atoms with van der Waals surface area (Å²) >= 11 is 0. The molecule has 20 heavy (non-hydrogen) atoms. The maximum atomic E-state index is 13.4. The number of rotatable bonds is 4. The van der Waals surface area contributed by atoms with E-state index >= 15 is 0 Å². The average molecular weight is 275 g/mol. The van der Waals surface area contributed by atoms with Crippen LogP contribution in [0.5, 0.6) is 0 Å². The summed E-state index contributed by atoms with van der Waals surface area (Å²) in [7, 11) is 0. The second-order valence-corrected chi connectivity index (χ2v) is 4.16. The summed E-state index contributed by atoms with van der Waals surface area (Å²) in [6.07, 6.45) is -0.723. The second kappa shape index (κ2) is 6.25. The number of halogens is 1. The number of nitrogens with two attached hydrogens (primary N) is 1. The molecule has 0 aliphatic rings. The van der Waals surface area contributed by atoms with Crippen LogP contribution in [0.1, 0.15) is 22.1 Å². The van der Waals surface area contributed by atoms with Gasteiger partial charge in [0.2, 0.25) is 0 Å².